The third-order valence-corrected chi connectivity index (χ3v) is 3.59. The van der Waals surface area contributed by atoms with Crippen LogP contribution in [0.15, 0.2) is 36.5 Å². The van der Waals surface area contributed by atoms with Crippen molar-refractivity contribution < 1.29 is 9.53 Å². The first kappa shape index (κ1) is 15.2. The first-order valence-electron chi connectivity index (χ1n) is 6.88. The summed E-state index contributed by atoms with van der Waals surface area (Å²) < 4.78 is 4.66. The molecule has 0 spiro atoms. The molecule has 1 heterocycles. The number of hydrogen-bond donors (Lipinski definition) is 1. The van der Waals surface area contributed by atoms with Crippen LogP contribution in [0, 0.1) is 13.8 Å². The summed E-state index contributed by atoms with van der Waals surface area (Å²) in [4.78, 5) is 15.8. The van der Waals surface area contributed by atoms with E-state index in [2.05, 4.69) is 28.8 Å². The molecular weight excluding hydrogens is 264 g/mol. The van der Waals surface area contributed by atoms with Crippen LogP contribution in [0.2, 0.25) is 0 Å². The van der Waals surface area contributed by atoms with Gasteiger partial charge in [-0.3, -0.25) is 9.78 Å². The van der Waals surface area contributed by atoms with Gasteiger partial charge in [-0.25, -0.2) is 0 Å². The molecule has 0 radical (unpaired) electrons. The summed E-state index contributed by atoms with van der Waals surface area (Å²) in [5, 5.41) is 0. The van der Waals surface area contributed by atoms with Gasteiger partial charge in [0, 0.05) is 23.5 Å². The van der Waals surface area contributed by atoms with Crippen molar-refractivity contribution in [2.75, 3.05) is 7.11 Å². The van der Waals surface area contributed by atoms with E-state index >= 15 is 0 Å². The molecule has 2 aromatic rings. The second-order valence-electron chi connectivity index (χ2n) is 5.10. The standard InChI is InChI=1S/C17H20N2O2/c1-11-6-4-5-7-14(11)15-8-13(10-19-12(15)2)16(18)9-17(20)21-3/h4-8,10,16H,9,18H2,1-3H3. The molecule has 4 heteroatoms. The largest absolute Gasteiger partial charge is 0.469 e. The molecule has 1 atom stereocenters. The number of nitrogens with two attached hydrogens (primary N) is 1. The van der Waals surface area contributed by atoms with Crippen LogP contribution < -0.4 is 5.73 Å². The molecule has 1 unspecified atom stereocenters. The summed E-state index contributed by atoms with van der Waals surface area (Å²) in [7, 11) is 1.36. The predicted molar refractivity (Wildman–Crippen MR) is 82.7 cm³/mol. The van der Waals surface area contributed by atoms with Gasteiger partial charge in [-0.15, -0.1) is 0 Å². The van der Waals surface area contributed by atoms with Gasteiger partial charge in [0.25, 0.3) is 0 Å². The average molecular weight is 284 g/mol. The van der Waals surface area contributed by atoms with Gasteiger partial charge < -0.3 is 10.5 Å². The zero-order chi connectivity index (χ0) is 15.4. The lowest BCUT2D eigenvalue weighted by atomic mass is 9.96. The maximum Gasteiger partial charge on any atom is 0.307 e. The number of esters is 1. The van der Waals surface area contributed by atoms with Gasteiger partial charge in [-0.05, 0) is 36.6 Å². The molecule has 0 saturated carbocycles. The number of ether oxygens (including phenoxy) is 1. The fraction of sp³-hybridized carbons (Fsp3) is 0.294. The second-order valence-corrected chi connectivity index (χ2v) is 5.10. The zero-order valence-corrected chi connectivity index (χ0v) is 12.6. The number of benzene rings is 1. The molecule has 0 aliphatic rings. The van der Waals surface area contributed by atoms with Crippen molar-refractivity contribution in [3.63, 3.8) is 0 Å². The Hall–Kier alpha value is -2.20. The number of methoxy groups -OCH3 is 1. The van der Waals surface area contributed by atoms with Crippen molar-refractivity contribution >= 4 is 5.97 Å². The Balaban J connectivity index is 2.38. The molecule has 0 bridgehead atoms. The second kappa shape index (κ2) is 6.50. The Labute approximate surface area is 125 Å². The van der Waals surface area contributed by atoms with Gasteiger partial charge in [-0.1, -0.05) is 24.3 Å². The Bertz CT molecular complexity index is 653. The molecular formula is C17H20N2O2. The Kier molecular flexibility index (Phi) is 4.70. The number of carbonyl (C=O) groups is 1. The highest BCUT2D eigenvalue weighted by atomic mass is 16.5. The first-order chi connectivity index (χ1) is 10.0. The van der Waals surface area contributed by atoms with Crippen LogP contribution in [0.3, 0.4) is 0 Å². The average Bonchev–Trinajstić information content (AvgIpc) is 2.48. The van der Waals surface area contributed by atoms with Gasteiger partial charge in [0.05, 0.1) is 13.5 Å². The fourth-order valence-electron chi connectivity index (χ4n) is 2.28. The van der Waals surface area contributed by atoms with Crippen LogP contribution in [0.5, 0.6) is 0 Å². The molecule has 0 saturated heterocycles. The highest BCUT2D eigenvalue weighted by molar-refractivity contribution is 5.72. The van der Waals surface area contributed by atoms with Crippen LogP contribution in [0.25, 0.3) is 11.1 Å². The summed E-state index contributed by atoms with van der Waals surface area (Å²) in [5.74, 6) is -0.319. The number of hydrogen-bond acceptors (Lipinski definition) is 4. The topological polar surface area (TPSA) is 65.2 Å². The molecule has 1 aromatic carbocycles. The van der Waals surface area contributed by atoms with Crippen LogP contribution in [-0.4, -0.2) is 18.1 Å². The molecule has 0 aliphatic carbocycles. The van der Waals surface area contributed by atoms with Crippen molar-refractivity contribution in [3.05, 3.63) is 53.3 Å². The lowest BCUT2D eigenvalue weighted by Gasteiger charge is -2.14. The lowest BCUT2D eigenvalue weighted by molar-refractivity contribution is -0.141. The van der Waals surface area contributed by atoms with Crippen LogP contribution in [0.1, 0.15) is 29.3 Å². The number of pyridine rings is 1. The van der Waals surface area contributed by atoms with E-state index in [0.717, 1.165) is 22.4 Å². The smallest absolute Gasteiger partial charge is 0.307 e. The first-order valence-corrected chi connectivity index (χ1v) is 6.88. The molecule has 2 N–H and O–H groups in total. The molecule has 1 aromatic heterocycles. The molecule has 0 fully saturated rings. The summed E-state index contributed by atoms with van der Waals surface area (Å²) in [6, 6.07) is 9.74. The minimum atomic E-state index is -0.409. The Morgan fingerprint density at radius 1 is 1.29 bits per heavy atom. The summed E-state index contributed by atoms with van der Waals surface area (Å²) >= 11 is 0. The van der Waals surface area contributed by atoms with Crippen LogP contribution >= 0.6 is 0 Å². The van der Waals surface area contributed by atoms with E-state index in [1.54, 1.807) is 6.20 Å². The Morgan fingerprint density at radius 3 is 2.67 bits per heavy atom. The van der Waals surface area contributed by atoms with Crippen molar-refractivity contribution in [1.82, 2.24) is 4.98 Å². The number of aromatic nitrogens is 1. The third kappa shape index (κ3) is 3.47. The summed E-state index contributed by atoms with van der Waals surface area (Å²) in [5.41, 5.74) is 11.2. The molecule has 21 heavy (non-hydrogen) atoms. The van der Waals surface area contributed by atoms with E-state index in [0.29, 0.717) is 0 Å². The normalized spacial score (nSPS) is 12.0. The van der Waals surface area contributed by atoms with Gasteiger partial charge in [0.1, 0.15) is 0 Å². The van der Waals surface area contributed by atoms with E-state index in [-0.39, 0.29) is 12.4 Å². The highest BCUT2D eigenvalue weighted by Gasteiger charge is 2.15. The molecule has 2 rings (SSSR count). The van der Waals surface area contributed by atoms with E-state index in [1.807, 2.05) is 25.1 Å². The van der Waals surface area contributed by atoms with E-state index in [9.17, 15) is 4.79 Å². The SMILES string of the molecule is COC(=O)CC(N)c1cnc(C)c(-c2ccccc2C)c1. The van der Waals surface area contributed by atoms with Crippen molar-refractivity contribution in [1.29, 1.82) is 0 Å². The van der Waals surface area contributed by atoms with Gasteiger partial charge >= 0.3 is 5.97 Å². The molecule has 0 amide bonds. The van der Waals surface area contributed by atoms with E-state index in [4.69, 9.17) is 5.73 Å². The number of carbonyl (C=O) groups excluding carboxylic acids is 1. The highest BCUT2D eigenvalue weighted by Crippen LogP contribution is 2.28. The number of nitrogens with zero attached hydrogens (tertiary/aromatic N) is 1. The minimum Gasteiger partial charge on any atom is -0.469 e. The minimum absolute atomic E-state index is 0.147. The Morgan fingerprint density at radius 2 is 2.00 bits per heavy atom. The molecule has 110 valence electrons. The quantitative estimate of drug-likeness (QED) is 0.877. The summed E-state index contributed by atoms with van der Waals surface area (Å²) in [6.45, 7) is 4.03. The van der Waals surface area contributed by atoms with Crippen LogP contribution in [0.4, 0.5) is 0 Å². The molecule has 4 nitrogen and oxygen atoms in total. The predicted octanol–water partition coefficient (Wildman–Crippen LogP) is 2.93. The van der Waals surface area contributed by atoms with Gasteiger partial charge in [0.2, 0.25) is 0 Å². The summed E-state index contributed by atoms with van der Waals surface area (Å²) in [6.07, 6.45) is 1.87. The lowest BCUT2D eigenvalue weighted by Crippen LogP contribution is -2.16. The van der Waals surface area contributed by atoms with E-state index < -0.39 is 6.04 Å². The van der Waals surface area contributed by atoms with Gasteiger partial charge in [0.15, 0.2) is 0 Å². The molecule has 0 aliphatic heterocycles. The van der Waals surface area contributed by atoms with Crippen LogP contribution in [-0.2, 0) is 9.53 Å². The monoisotopic (exact) mass is 284 g/mol. The van der Waals surface area contributed by atoms with Gasteiger partial charge in [-0.2, -0.15) is 0 Å². The van der Waals surface area contributed by atoms with Crippen molar-refractivity contribution in [2.45, 2.75) is 26.3 Å². The van der Waals surface area contributed by atoms with E-state index in [1.165, 1.54) is 12.7 Å². The fourth-order valence-corrected chi connectivity index (χ4v) is 2.28. The maximum atomic E-state index is 11.3. The number of rotatable bonds is 4. The van der Waals surface area contributed by atoms with Crippen molar-refractivity contribution in [3.8, 4) is 11.1 Å². The third-order valence-electron chi connectivity index (χ3n) is 3.59. The maximum absolute atomic E-state index is 11.3. The number of aryl methyl sites for hydroxylation is 2. The van der Waals surface area contributed by atoms with Crippen molar-refractivity contribution in [2.24, 2.45) is 5.73 Å². The zero-order valence-electron chi connectivity index (χ0n) is 12.6.